The van der Waals surface area contributed by atoms with Crippen molar-refractivity contribution in [2.75, 3.05) is 5.32 Å². The summed E-state index contributed by atoms with van der Waals surface area (Å²) in [5.41, 5.74) is -4.05. The Morgan fingerprint density at radius 3 is 2.52 bits per heavy atom. The molecule has 0 aliphatic rings. The lowest BCUT2D eigenvalue weighted by molar-refractivity contribution is -0.140. The van der Waals surface area contributed by atoms with Gasteiger partial charge in [0.25, 0.3) is 18.8 Å². The Hall–Kier alpha value is -3.03. The molecule has 0 saturated carbocycles. The largest absolute Gasteiger partial charge is 0.454 e. The molecule has 168 valence electrons. The average molecular weight is 474 g/mol. The molecule has 0 radical (unpaired) electrons. The second-order valence-corrected chi connectivity index (χ2v) is 6.51. The number of furan rings is 1. The zero-order valence-corrected chi connectivity index (χ0v) is 16.0. The number of aromatic amines is 1. The van der Waals surface area contributed by atoms with Crippen LogP contribution in [0.5, 0.6) is 0 Å². The zero-order valence-electron chi connectivity index (χ0n) is 15.2. The summed E-state index contributed by atoms with van der Waals surface area (Å²) in [4.78, 5) is 12.3. The quantitative estimate of drug-likeness (QED) is 0.472. The molecule has 31 heavy (non-hydrogen) atoms. The van der Waals surface area contributed by atoms with E-state index in [1.54, 1.807) is 0 Å². The van der Waals surface area contributed by atoms with Crippen LogP contribution < -0.4 is 5.32 Å². The number of nitrogens with zero attached hydrogens (tertiary/aromatic N) is 3. The molecule has 0 saturated heterocycles. The van der Waals surface area contributed by atoms with E-state index in [1.807, 2.05) is 5.32 Å². The molecule has 15 heteroatoms. The van der Waals surface area contributed by atoms with Crippen molar-refractivity contribution >= 4 is 23.2 Å². The van der Waals surface area contributed by atoms with Crippen LogP contribution in [0.4, 0.5) is 36.4 Å². The summed E-state index contributed by atoms with van der Waals surface area (Å²) in [5, 5.41) is 9.65. The molecule has 0 aliphatic carbocycles. The van der Waals surface area contributed by atoms with E-state index in [0.717, 1.165) is 12.1 Å². The van der Waals surface area contributed by atoms with Gasteiger partial charge in [0.1, 0.15) is 17.1 Å². The van der Waals surface area contributed by atoms with E-state index in [1.165, 1.54) is 6.92 Å². The molecular weight excluding hydrogens is 463 g/mol. The monoisotopic (exact) mass is 473 g/mol. The normalized spacial score (nSPS) is 12.2. The molecule has 1 amide bonds. The van der Waals surface area contributed by atoms with Gasteiger partial charge in [0.05, 0.1) is 22.9 Å². The van der Waals surface area contributed by atoms with Gasteiger partial charge in [-0.15, -0.1) is 0 Å². The summed E-state index contributed by atoms with van der Waals surface area (Å²) in [5.74, 6) is -1.70. The standard InChI is InChI=1S/C16H11ClF7N5O2/c1-5-9(12(27-26-5)16(22,23)24)25-15(30)7-3-2-6(31-7)4-29-11(14(20)21)8(17)10(28-29)13(18)19/h2-3,13-14H,4H2,1H3,(H,25,30)(H,26,27). The number of amides is 1. The molecule has 0 unspecified atom stereocenters. The fourth-order valence-electron chi connectivity index (χ4n) is 2.64. The highest BCUT2D eigenvalue weighted by Crippen LogP contribution is 2.36. The van der Waals surface area contributed by atoms with E-state index in [9.17, 15) is 35.5 Å². The van der Waals surface area contributed by atoms with Gasteiger partial charge in [-0.25, -0.2) is 17.6 Å². The van der Waals surface area contributed by atoms with Crippen molar-refractivity contribution in [2.45, 2.75) is 32.5 Å². The molecule has 0 fully saturated rings. The second-order valence-electron chi connectivity index (χ2n) is 6.13. The van der Waals surface area contributed by atoms with Crippen LogP contribution in [0.15, 0.2) is 16.5 Å². The smallest absolute Gasteiger partial charge is 0.437 e. The van der Waals surface area contributed by atoms with Gasteiger partial charge in [-0.3, -0.25) is 14.6 Å². The zero-order chi connectivity index (χ0) is 23.1. The van der Waals surface area contributed by atoms with Gasteiger partial charge < -0.3 is 9.73 Å². The number of hydrogen-bond acceptors (Lipinski definition) is 4. The van der Waals surface area contributed by atoms with Crippen LogP contribution in [0.1, 0.15) is 51.9 Å². The molecule has 0 aliphatic heterocycles. The molecule has 0 spiro atoms. The predicted molar refractivity (Wildman–Crippen MR) is 91.2 cm³/mol. The molecule has 2 N–H and O–H groups in total. The number of aromatic nitrogens is 4. The first kappa shape index (κ1) is 22.7. The number of carbonyl (C=O) groups is 1. The number of halogens is 8. The van der Waals surface area contributed by atoms with Crippen molar-refractivity contribution in [2.24, 2.45) is 0 Å². The van der Waals surface area contributed by atoms with E-state index in [0.29, 0.717) is 4.68 Å². The van der Waals surface area contributed by atoms with E-state index in [2.05, 4.69) is 15.3 Å². The molecule has 7 nitrogen and oxygen atoms in total. The molecular formula is C16H11ClF7N5O2. The highest BCUT2D eigenvalue weighted by molar-refractivity contribution is 6.32. The van der Waals surface area contributed by atoms with Crippen LogP contribution in [-0.4, -0.2) is 25.9 Å². The molecule has 0 atom stereocenters. The van der Waals surface area contributed by atoms with Gasteiger partial charge >= 0.3 is 6.18 Å². The topological polar surface area (TPSA) is 88.7 Å². The summed E-state index contributed by atoms with van der Waals surface area (Å²) >= 11 is 5.55. The number of alkyl halides is 7. The van der Waals surface area contributed by atoms with E-state index in [-0.39, 0.29) is 11.5 Å². The minimum Gasteiger partial charge on any atom is -0.454 e. The first-order chi connectivity index (χ1) is 14.4. The van der Waals surface area contributed by atoms with Crippen molar-refractivity contribution in [3.8, 4) is 0 Å². The number of nitrogens with one attached hydrogen (secondary N) is 2. The number of aryl methyl sites for hydroxylation is 1. The van der Waals surface area contributed by atoms with Gasteiger partial charge in [-0.05, 0) is 19.1 Å². The second kappa shape index (κ2) is 8.24. The SMILES string of the molecule is Cc1[nH]nc(C(F)(F)F)c1NC(=O)c1ccc(Cn2nc(C(F)F)c(Cl)c2C(F)F)o1. The first-order valence-electron chi connectivity index (χ1n) is 8.24. The first-order valence-corrected chi connectivity index (χ1v) is 8.62. The summed E-state index contributed by atoms with van der Waals surface area (Å²) in [6.45, 7) is 0.664. The Bertz CT molecular complexity index is 1100. The summed E-state index contributed by atoms with van der Waals surface area (Å²) in [6.07, 6.45) is -11.3. The van der Waals surface area contributed by atoms with Crippen molar-refractivity contribution in [3.63, 3.8) is 0 Å². The third-order valence-electron chi connectivity index (χ3n) is 4.01. The predicted octanol–water partition coefficient (Wildman–Crippen LogP) is 5.36. The third kappa shape index (κ3) is 4.52. The summed E-state index contributed by atoms with van der Waals surface area (Å²) in [6, 6.07) is 2.21. The fourth-order valence-corrected chi connectivity index (χ4v) is 2.94. The van der Waals surface area contributed by atoms with Crippen molar-refractivity contribution in [1.29, 1.82) is 0 Å². The Labute approximate surface area is 173 Å². The Morgan fingerprint density at radius 2 is 1.94 bits per heavy atom. The van der Waals surface area contributed by atoms with Crippen molar-refractivity contribution < 1.29 is 39.9 Å². The van der Waals surface area contributed by atoms with Crippen molar-refractivity contribution in [3.05, 3.63) is 51.5 Å². The highest BCUT2D eigenvalue weighted by atomic mass is 35.5. The molecule has 3 rings (SSSR count). The van der Waals surface area contributed by atoms with Crippen molar-refractivity contribution in [1.82, 2.24) is 20.0 Å². The van der Waals surface area contributed by atoms with Gasteiger partial charge in [-0.2, -0.15) is 23.4 Å². The lowest BCUT2D eigenvalue weighted by Crippen LogP contribution is -2.16. The summed E-state index contributed by atoms with van der Waals surface area (Å²) < 4.78 is 96.7. The number of rotatable bonds is 6. The lowest BCUT2D eigenvalue weighted by Gasteiger charge is -2.08. The molecule has 3 aromatic rings. The Kier molecular flexibility index (Phi) is 6.02. The lowest BCUT2D eigenvalue weighted by atomic mass is 10.2. The maximum Gasteiger partial charge on any atom is 0.437 e. The Balaban J connectivity index is 1.83. The van der Waals surface area contributed by atoms with Crippen LogP contribution in [0, 0.1) is 6.92 Å². The molecule has 0 aromatic carbocycles. The number of carbonyl (C=O) groups excluding carboxylic acids is 1. The van der Waals surface area contributed by atoms with Gasteiger partial charge in [-0.1, -0.05) is 11.6 Å². The number of anilines is 1. The highest BCUT2D eigenvalue weighted by Gasteiger charge is 2.38. The molecule has 0 bridgehead atoms. The molecule has 3 aromatic heterocycles. The minimum atomic E-state index is -4.84. The minimum absolute atomic E-state index is 0.0697. The van der Waals surface area contributed by atoms with E-state index < -0.39 is 65.0 Å². The van der Waals surface area contributed by atoms with Gasteiger partial charge in [0.2, 0.25) is 0 Å². The van der Waals surface area contributed by atoms with E-state index in [4.69, 9.17) is 16.0 Å². The van der Waals surface area contributed by atoms with Crippen LogP contribution in [0.3, 0.4) is 0 Å². The number of H-pyrrole nitrogens is 1. The average Bonchev–Trinajstić information content (AvgIpc) is 3.33. The van der Waals surface area contributed by atoms with Crippen LogP contribution in [0.25, 0.3) is 0 Å². The maximum atomic E-state index is 13.2. The Morgan fingerprint density at radius 1 is 1.26 bits per heavy atom. The van der Waals surface area contributed by atoms with E-state index >= 15 is 0 Å². The van der Waals surface area contributed by atoms with Crippen LogP contribution in [0.2, 0.25) is 5.02 Å². The van der Waals surface area contributed by atoms with Gasteiger partial charge in [0, 0.05) is 0 Å². The summed E-state index contributed by atoms with van der Waals surface area (Å²) in [7, 11) is 0. The molecule has 3 heterocycles. The maximum absolute atomic E-state index is 13.2. The third-order valence-corrected chi connectivity index (χ3v) is 4.40. The fraction of sp³-hybridized carbons (Fsp3) is 0.312. The van der Waals surface area contributed by atoms with Crippen LogP contribution >= 0.6 is 11.6 Å². The van der Waals surface area contributed by atoms with Crippen LogP contribution in [-0.2, 0) is 12.7 Å². The number of hydrogen-bond donors (Lipinski definition) is 2. The van der Waals surface area contributed by atoms with Gasteiger partial charge in [0.15, 0.2) is 11.5 Å².